The minimum Gasteiger partial charge on any atom is -0.453 e. The molecule has 2 aromatic heterocycles. The number of hydrogen-bond donors (Lipinski definition) is 4. The number of H-pyrrole nitrogens is 2. The van der Waals surface area contributed by atoms with Gasteiger partial charge in [-0.25, -0.2) is 19.6 Å². The third kappa shape index (κ3) is 9.52. The summed E-state index contributed by atoms with van der Waals surface area (Å²) in [5, 5.41) is 7.13. The Morgan fingerprint density at radius 1 is 0.934 bits per heavy atom. The van der Waals surface area contributed by atoms with Crippen molar-refractivity contribution in [2.24, 2.45) is 5.92 Å². The summed E-state index contributed by atoms with van der Waals surface area (Å²) in [6.07, 6.45) is 2.80. The van der Waals surface area contributed by atoms with E-state index in [1.807, 2.05) is 63.2 Å². The summed E-state index contributed by atoms with van der Waals surface area (Å²) in [5.41, 5.74) is 7.00. The molecule has 14 heteroatoms. The average molecular weight is 823 g/mol. The lowest BCUT2D eigenvalue weighted by atomic mass is 9.94. The molecule has 1 aliphatic heterocycles. The zero-order chi connectivity index (χ0) is 43.0. The van der Waals surface area contributed by atoms with Gasteiger partial charge < -0.3 is 39.9 Å². The summed E-state index contributed by atoms with van der Waals surface area (Å²) in [6, 6.07) is 25.4. The van der Waals surface area contributed by atoms with E-state index in [1.54, 1.807) is 16.0 Å². The summed E-state index contributed by atoms with van der Waals surface area (Å²) in [4.78, 5) is 70.4. The van der Waals surface area contributed by atoms with Gasteiger partial charge in [-0.05, 0) is 72.0 Å². The summed E-state index contributed by atoms with van der Waals surface area (Å²) in [5.74, 6) is 7.56. The second-order valence-corrected chi connectivity index (χ2v) is 15.3. The summed E-state index contributed by atoms with van der Waals surface area (Å²) in [6.45, 7) is 6.96. The highest BCUT2D eigenvalue weighted by atomic mass is 16.5. The van der Waals surface area contributed by atoms with E-state index in [1.165, 1.54) is 14.2 Å². The molecule has 14 nitrogen and oxygen atoms in total. The highest BCUT2D eigenvalue weighted by molar-refractivity contribution is 6.05. The van der Waals surface area contributed by atoms with Gasteiger partial charge >= 0.3 is 12.2 Å². The largest absolute Gasteiger partial charge is 0.453 e. The number of rotatable bonds is 12. The first-order valence-corrected chi connectivity index (χ1v) is 20.5. The number of aromatic amines is 2. The zero-order valence-electron chi connectivity index (χ0n) is 35.0. The van der Waals surface area contributed by atoms with Gasteiger partial charge in [-0.1, -0.05) is 81.1 Å². The highest BCUT2D eigenvalue weighted by Crippen LogP contribution is 2.35. The van der Waals surface area contributed by atoms with Gasteiger partial charge in [-0.15, -0.1) is 0 Å². The number of aromatic nitrogens is 4. The van der Waals surface area contributed by atoms with Gasteiger partial charge in [-0.3, -0.25) is 9.59 Å². The Morgan fingerprint density at radius 2 is 1.72 bits per heavy atom. The van der Waals surface area contributed by atoms with Crippen molar-refractivity contribution >= 4 is 45.8 Å². The van der Waals surface area contributed by atoms with Gasteiger partial charge in [0.05, 0.1) is 49.7 Å². The molecular formula is C47H50N8O6. The van der Waals surface area contributed by atoms with Crippen LogP contribution < -0.4 is 10.6 Å². The standard InChI is InChI=1S/C47H50N8O6/c1-6-22-54(45(57)42(29(2)3)53-47(59)61-5)28-40-50-37-21-18-33-24-32(16-20-36(33)43(37)52-40)35-19-17-34(25-31(35)15-14-30-11-8-7-9-12-30)38-26-48-44(51-38)39-13-10-23-55(39)41(56)27-49-46(58)60-4/h7-9,11-12,16-21,24-26,29,39,42H,6,10,13,22-23,27-28H2,1-5H3,(H,48,51)(H,49,58)(H,50,52)(H,53,59). The number of carbonyl (C=O) groups excluding carboxylic acids is 4. The van der Waals surface area contributed by atoms with Crippen molar-refractivity contribution < 1.29 is 28.7 Å². The number of ether oxygens (including phenoxy) is 2. The van der Waals surface area contributed by atoms with E-state index >= 15 is 0 Å². The second-order valence-electron chi connectivity index (χ2n) is 15.3. The minimum atomic E-state index is -0.736. The van der Waals surface area contributed by atoms with E-state index in [0.717, 1.165) is 74.6 Å². The molecular weight excluding hydrogens is 773 g/mol. The number of nitrogens with one attached hydrogen (secondary N) is 4. The first kappa shape index (κ1) is 42.0. The quantitative estimate of drug-likeness (QED) is 0.0930. The van der Waals surface area contributed by atoms with E-state index in [2.05, 4.69) is 73.6 Å². The zero-order valence-corrected chi connectivity index (χ0v) is 35.0. The normalized spacial score (nSPS) is 14.1. The minimum absolute atomic E-state index is 0.143. The Hall–Kier alpha value is -7.14. The predicted octanol–water partition coefficient (Wildman–Crippen LogP) is 7.31. The Kier molecular flexibility index (Phi) is 13.0. The monoisotopic (exact) mass is 822 g/mol. The summed E-state index contributed by atoms with van der Waals surface area (Å²) >= 11 is 0. The van der Waals surface area contributed by atoms with Crippen LogP contribution in [-0.2, 0) is 25.6 Å². The number of alkyl carbamates (subject to hydrolysis) is 2. The lowest BCUT2D eigenvalue weighted by Gasteiger charge is -2.28. The molecule has 4 amide bonds. The SMILES string of the molecule is CCCN(Cc1nc2c(ccc3cc(-c4ccc(-c5cnc(C6CCCN6C(=O)CNC(=O)OC)[nH]5)cc4C#Cc4ccccc4)ccc32)[nH]1)C(=O)C(NC(=O)OC)C(C)C. The molecule has 2 atom stereocenters. The van der Waals surface area contributed by atoms with Crippen molar-refractivity contribution in [1.82, 2.24) is 40.4 Å². The maximum atomic E-state index is 13.7. The van der Waals surface area contributed by atoms with Crippen LogP contribution in [0.25, 0.3) is 44.2 Å². The Labute approximate surface area is 354 Å². The molecule has 6 aromatic rings. The van der Waals surface area contributed by atoms with Crippen LogP contribution in [0.4, 0.5) is 9.59 Å². The lowest BCUT2D eigenvalue weighted by molar-refractivity contribution is -0.135. The van der Waals surface area contributed by atoms with Gasteiger partial charge in [-0.2, -0.15) is 0 Å². The topological polar surface area (TPSA) is 175 Å². The fourth-order valence-corrected chi connectivity index (χ4v) is 7.76. The molecule has 2 unspecified atom stereocenters. The molecule has 7 rings (SSSR count). The number of fused-ring (bicyclic) bond motifs is 3. The molecule has 0 spiro atoms. The van der Waals surface area contributed by atoms with Gasteiger partial charge in [0.1, 0.15) is 24.2 Å². The van der Waals surface area contributed by atoms with Gasteiger partial charge in [0.25, 0.3) is 0 Å². The molecule has 0 saturated carbocycles. The third-order valence-corrected chi connectivity index (χ3v) is 10.9. The predicted molar refractivity (Wildman–Crippen MR) is 233 cm³/mol. The number of imidazole rings is 2. The maximum absolute atomic E-state index is 13.7. The fourth-order valence-electron chi connectivity index (χ4n) is 7.76. The Balaban J connectivity index is 1.18. The van der Waals surface area contributed by atoms with Crippen LogP contribution in [-0.4, -0.2) is 93.6 Å². The molecule has 314 valence electrons. The number of methoxy groups -OCH3 is 2. The van der Waals surface area contributed by atoms with E-state index in [4.69, 9.17) is 14.7 Å². The van der Waals surface area contributed by atoms with Crippen LogP contribution in [0.1, 0.15) is 68.9 Å². The van der Waals surface area contributed by atoms with Crippen molar-refractivity contribution in [1.29, 1.82) is 0 Å². The summed E-state index contributed by atoms with van der Waals surface area (Å²) < 4.78 is 9.41. The Bertz CT molecular complexity index is 2620. The number of likely N-dealkylation sites (tertiary alicyclic amines) is 1. The molecule has 1 saturated heterocycles. The molecule has 1 aliphatic rings. The van der Waals surface area contributed by atoms with E-state index in [9.17, 15) is 19.2 Å². The van der Waals surface area contributed by atoms with Crippen LogP contribution in [0.3, 0.4) is 0 Å². The van der Waals surface area contributed by atoms with Gasteiger partial charge in [0.2, 0.25) is 11.8 Å². The number of carbonyl (C=O) groups is 4. The second kappa shape index (κ2) is 18.8. The molecule has 61 heavy (non-hydrogen) atoms. The lowest BCUT2D eigenvalue weighted by Crippen LogP contribution is -2.51. The molecule has 0 aliphatic carbocycles. The first-order chi connectivity index (χ1) is 29.6. The van der Waals surface area contributed by atoms with Gasteiger partial charge in [0.15, 0.2) is 0 Å². The molecule has 4 aromatic carbocycles. The van der Waals surface area contributed by atoms with Crippen molar-refractivity contribution in [2.75, 3.05) is 33.9 Å². The van der Waals surface area contributed by atoms with Crippen LogP contribution in [0.15, 0.2) is 85.1 Å². The van der Waals surface area contributed by atoms with E-state index < -0.39 is 18.2 Å². The molecule has 1 fully saturated rings. The average Bonchev–Trinajstić information content (AvgIpc) is 4.07. The summed E-state index contributed by atoms with van der Waals surface area (Å²) in [7, 11) is 2.54. The highest BCUT2D eigenvalue weighted by Gasteiger charge is 2.32. The number of nitrogens with zero attached hydrogens (tertiary/aromatic N) is 4. The molecule has 3 heterocycles. The molecule has 0 bridgehead atoms. The van der Waals surface area contributed by atoms with E-state index in [-0.39, 0.29) is 36.9 Å². The molecule has 4 N–H and O–H groups in total. The third-order valence-electron chi connectivity index (χ3n) is 10.9. The van der Waals surface area contributed by atoms with Crippen LogP contribution >= 0.6 is 0 Å². The first-order valence-electron chi connectivity index (χ1n) is 20.5. The van der Waals surface area contributed by atoms with Crippen LogP contribution in [0.2, 0.25) is 0 Å². The van der Waals surface area contributed by atoms with Crippen LogP contribution in [0.5, 0.6) is 0 Å². The Morgan fingerprint density at radius 3 is 2.48 bits per heavy atom. The number of hydrogen-bond acceptors (Lipinski definition) is 8. The number of amides is 4. The smallest absolute Gasteiger partial charge is 0.407 e. The van der Waals surface area contributed by atoms with Gasteiger partial charge in [0, 0.05) is 35.2 Å². The van der Waals surface area contributed by atoms with Crippen molar-refractivity contribution in [2.45, 2.75) is 58.7 Å². The molecule has 0 radical (unpaired) electrons. The van der Waals surface area contributed by atoms with Crippen molar-refractivity contribution in [3.05, 3.63) is 108 Å². The van der Waals surface area contributed by atoms with Crippen LogP contribution in [0, 0.1) is 17.8 Å². The van der Waals surface area contributed by atoms with Crippen molar-refractivity contribution in [3.63, 3.8) is 0 Å². The van der Waals surface area contributed by atoms with E-state index in [0.29, 0.717) is 24.7 Å². The van der Waals surface area contributed by atoms with Crippen molar-refractivity contribution in [3.8, 4) is 34.2 Å². The number of benzene rings is 4. The maximum Gasteiger partial charge on any atom is 0.407 e. The fraction of sp³-hybridized carbons (Fsp3) is 0.319.